The second-order valence-corrected chi connectivity index (χ2v) is 5.93. The Morgan fingerprint density at radius 1 is 0.917 bits per heavy atom. The van der Waals surface area contributed by atoms with Gasteiger partial charge in [0.25, 0.3) is 11.8 Å². The molecule has 0 radical (unpaired) electrons. The molecule has 0 spiro atoms. The van der Waals surface area contributed by atoms with Gasteiger partial charge in [-0.3, -0.25) is 9.59 Å². The van der Waals surface area contributed by atoms with E-state index in [0.717, 1.165) is 10.6 Å². The lowest BCUT2D eigenvalue weighted by atomic mass is 10.1. The first-order valence-corrected chi connectivity index (χ1v) is 7.60. The number of carbonyl (C=O) groups excluding carboxylic acids is 2. The van der Waals surface area contributed by atoms with Crippen LogP contribution in [0.5, 0.6) is 0 Å². The quantitative estimate of drug-likeness (QED) is 0.801. The lowest BCUT2D eigenvalue weighted by molar-refractivity contribution is -0.119. The Kier molecular flexibility index (Phi) is 4.11. The van der Waals surface area contributed by atoms with Crippen LogP contribution in [0.1, 0.15) is 5.56 Å². The Labute approximate surface area is 143 Å². The normalized spacial score (nSPS) is 14.6. The molecule has 2 amide bonds. The van der Waals surface area contributed by atoms with Crippen LogP contribution in [0.4, 0.5) is 15.8 Å². The standard InChI is InChI=1S/C18H14ClFN2O2/c1-21(2)13-7-9-14(10-8-13)22-17(23)15(16(19)18(22)24)11-3-5-12(20)6-4-11/h3-10H,1-2H3. The van der Waals surface area contributed by atoms with Gasteiger partial charge in [0.05, 0.1) is 11.3 Å². The Hall–Kier alpha value is -2.66. The minimum absolute atomic E-state index is 0.0818. The third kappa shape index (κ3) is 2.67. The highest BCUT2D eigenvalue weighted by atomic mass is 35.5. The molecule has 1 heterocycles. The summed E-state index contributed by atoms with van der Waals surface area (Å²) in [6.07, 6.45) is 0. The number of carbonyl (C=O) groups is 2. The van der Waals surface area contributed by atoms with Gasteiger partial charge < -0.3 is 4.90 Å². The number of nitrogens with zero attached hydrogens (tertiary/aromatic N) is 2. The summed E-state index contributed by atoms with van der Waals surface area (Å²) >= 11 is 6.09. The third-order valence-electron chi connectivity index (χ3n) is 3.78. The van der Waals surface area contributed by atoms with Crippen molar-refractivity contribution in [2.75, 3.05) is 23.9 Å². The average Bonchev–Trinajstić information content (AvgIpc) is 2.78. The lowest BCUT2D eigenvalue weighted by Gasteiger charge is -2.17. The van der Waals surface area contributed by atoms with E-state index in [1.165, 1.54) is 24.3 Å². The van der Waals surface area contributed by atoms with Crippen molar-refractivity contribution in [3.63, 3.8) is 0 Å². The molecule has 0 aromatic heterocycles. The van der Waals surface area contributed by atoms with Gasteiger partial charge in [-0.25, -0.2) is 9.29 Å². The predicted molar refractivity (Wildman–Crippen MR) is 92.4 cm³/mol. The molecule has 0 unspecified atom stereocenters. The average molecular weight is 345 g/mol. The summed E-state index contributed by atoms with van der Waals surface area (Å²) in [6.45, 7) is 0. The summed E-state index contributed by atoms with van der Waals surface area (Å²) in [4.78, 5) is 28.0. The molecule has 0 N–H and O–H groups in total. The summed E-state index contributed by atoms with van der Waals surface area (Å²) in [6, 6.07) is 12.3. The molecule has 0 saturated heterocycles. The highest BCUT2D eigenvalue weighted by molar-refractivity contribution is 6.60. The van der Waals surface area contributed by atoms with Crippen LogP contribution < -0.4 is 9.80 Å². The summed E-state index contributed by atoms with van der Waals surface area (Å²) in [7, 11) is 3.79. The van der Waals surface area contributed by atoms with Gasteiger partial charge in [-0.15, -0.1) is 0 Å². The molecule has 0 aliphatic carbocycles. The van der Waals surface area contributed by atoms with Crippen molar-refractivity contribution in [3.05, 3.63) is 64.9 Å². The van der Waals surface area contributed by atoms with Crippen LogP contribution in [0.3, 0.4) is 0 Å². The van der Waals surface area contributed by atoms with Gasteiger partial charge in [0.2, 0.25) is 0 Å². The largest absolute Gasteiger partial charge is 0.378 e. The van der Waals surface area contributed by atoms with Crippen molar-refractivity contribution < 1.29 is 14.0 Å². The van der Waals surface area contributed by atoms with E-state index >= 15 is 0 Å². The van der Waals surface area contributed by atoms with E-state index in [9.17, 15) is 14.0 Å². The maximum Gasteiger partial charge on any atom is 0.277 e. The molecule has 0 bridgehead atoms. The zero-order valence-corrected chi connectivity index (χ0v) is 13.8. The number of halogens is 2. The van der Waals surface area contributed by atoms with Crippen molar-refractivity contribution in [1.82, 2.24) is 0 Å². The van der Waals surface area contributed by atoms with E-state index in [4.69, 9.17) is 11.6 Å². The molecule has 3 rings (SSSR count). The number of benzene rings is 2. The molecule has 0 fully saturated rings. The molecule has 24 heavy (non-hydrogen) atoms. The fraction of sp³-hybridized carbons (Fsp3) is 0.111. The molecule has 1 aliphatic rings. The van der Waals surface area contributed by atoms with Crippen LogP contribution in [-0.4, -0.2) is 25.9 Å². The van der Waals surface area contributed by atoms with E-state index in [1.807, 2.05) is 19.0 Å². The zero-order chi connectivity index (χ0) is 17.4. The fourth-order valence-electron chi connectivity index (χ4n) is 2.50. The van der Waals surface area contributed by atoms with Crippen molar-refractivity contribution >= 4 is 40.4 Å². The summed E-state index contributed by atoms with van der Waals surface area (Å²) < 4.78 is 13.1. The molecule has 4 nitrogen and oxygen atoms in total. The minimum atomic E-state index is -0.585. The Balaban J connectivity index is 1.97. The van der Waals surface area contributed by atoms with Crippen LogP contribution in [0.15, 0.2) is 53.6 Å². The van der Waals surface area contributed by atoms with Gasteiger partial charge in [0, 0.05) is 19.8 Å². The molecule has 2 aromatic rings. The summed E-state index contributed by atoms with van der Waals surface area (Å²) in [5.74, 6) is -1.53. The molecule has 2 aromatic carbocycles. The van der Waals surface area contributed by atoms with Gasteiger partial charge in [0.15, 0.2) is 0 Å². The fourth-order valence-corrected chi connectivity index (χ4v) is 2.78. The monoisotopic (exact) mass is 344 g/mol. The highest BCUT2D eigenvalue weighted by Crippen LogP contribution is 2.35. The number of hydrogen-bond acceptors (Lipinski definition) is 3. The first kappa shape index (κ1) is 16.2. The van der Waals surface area contributed by atoms with Crippen LogP contribution in [-0.2, 0) is 9.59 Å². The molecule has 6 heteroatoms. The van der Waals surface area contributed by atoms with Crippen molar-refractivity contribution in [1.29, 1.82) is 0 Å². The topological polar surface area (TPSA) is 40.6 Å². The molecule has 122 valence electrons. The predicted octanol–water partition coefficient (Wildman–Crippen LogP) is 3.42. The number of hydrogen-bond donors (Lipinski definition) is 0. The second kappa shape index (κ2) is 6.09. The summed E-state index contributed by atoms with van der Waals surface area (Å²) in [5.41, 5.74) is 1.87. The van der Waals surface area contributed by atoms with E-state index in [0.29, 0.717) is 11.3 Å². The van der Waals surface area contributed by atoms with Gasteiger partial charge in [0.1, 0.15) is 10.8 Å². The Morgan fingerprint density at radius 3 is 2.04 bits per heavy atom. The van der Waals surface area contributed by atoms with E-state index < -0.39 is 17.6 Å². The van der Waals surface area contributed by atoms with Crippen LogP contribution >= 0.6 is 11.6 Å². The van der Waals surface area contributed by atoms with Crippen LogP contribution in [0.25, 0.3) is 5.57 Å². The van der Waals surface area contributed by atoms with Gasteiger partial charge >= 0.3 is 0 Å². The molecular weight excluding hydrogens is 331 g/mol. The smallest absolute Gasteiger partial charge is 0.277 e. The lowest BCUT2D eigenvalue weighted by Crippen LogP contribution is -2.31. The van der Waals surface area contributed by atoms with Crippen molar-refractivity contribution in [2.45, 2.75) is 0 Å². The highest BCUT2D eigenvalue weighted by Gasteiger charge is 2.39. The molecular formula is C18H14ClFN2O2. The number of imide groups is 1. The van der Waals surface area contributed by atoms with Crippen LogP contribution in [0, 0.1) is 5.82 Å². The van der Waals surface area contributed by atoms with Gasteiger partial charge in [-0.2, -0.15) is 0 Å². The number of rotatable bonds is 3. The van der Waals surface area contributed by atoms with Crippen LogP contribution in [0.2, 0.25) is 0 Å². The third-order valence-corrected chi connectivity index (χ3v) is 4.14. The Bertz CT molecular complexity index is 842. The maximum absolute atomic E-state index is 13.1. The first-order valence-electron chi connectivity index (χ1n) is 7.22. The SMILES string of the molecule is CN(C)c1ccc(N2C(=O)C(Cl)=C(c3ccc(F)cc3)C2=O)cc1. The molecule has 0 atom stereocenters. The first-order chi connectivity index (χ1) is 11.4. The number of amides is 2. The van der Waals surface area contributed by atoms with Crippen molar-refractivity contribution in [2.24, 2.45) is 0 Å². The molecule has 1 aliphatic heterocycles. The van der Waals surface area contributed by atoms with E-state index in [-0.39, 0.29) is 10.6 Å². The van der Waals surface area contributed by atoms with Crippen molar-refractivity contribution in [3.8, 4) is 0 Å². The molecule has 0 saturated carbocycles. The summed E-state index contributed by atoms with van der Waals surface area (Å²) in [5, 5.41) is -0.164. The van der Waals surface area contributed by atoms with E-state index in [1.54, 1.807) is 24.3 Å². The van der Waals surface area contributed by atoms with Gasteiger partial charge in [-0.05, 0) is 42.0 Å². The zero-order valence-electron chi connectivity index (χ0n) is 13.1. The van der Waals surface area contributed by atoms with E-state index in [2.05, 4.69) is 0 Å². The second-order valence-electron chi connectivity index (χ2n) is 5.55. The Morgan fingerprint density at radius 2 is 1.50 bits per heavy atom. The maximum atomic E-state index is 13.1. The van der Waals surface area contributed by atoms with Gasteiger partial charge in [-0.1, -0.05) is 23.7 Å². The minimum Gasteiger partial charge on any atom is -0.378 e. The number of anilines is 2.